The Hall–Kier alpha value is -2.62. The van der Waals surface area contributed by atoms with Crippen molar-refractivity contribution in [3.63, 3.8) is 0 Å². The number of fused-ring (bicyclic) bond motifs is 1. The summed E-state index contributed by atoms with van der Waals surface area (Å²) in [6.07, 6.45) is 0.617. The lowest BCUT2D eigenvalue weighted by Gasteiger charge is -2.29. The molecule has 29 heavy (non-hydrogen) atoms. The molecule has 0 spiro atoms. The second-order valence-corrected chi connectivity index (χ2v) is 8.86. The van der Waals surface area contributed by atoms with Crippen molar-refractivity contribution < 1.29 is 17.9 Å². The number of amides is 2. The third-order valence-electron chi connectivity index (χ3n) is 5.27. The Bertz CT molecular complexity index is 1000. The van der Waals surface area contributed by atoms with Gasteiger partial charge in [0.1, 0.15) is 0 Å². The molecule has 0 unspecified atom stereocenters. The number of benzene rings is 2. The third-order valence-corrected chi connectivity index (χ3v) is 6.68. The molecule has 0 aliphatic carbocycles. The molecular formula is C20H24N4O4S. The first-order valence-electron chi connectivity index (χ1n) is 9.56. The molecule has 2 amide bonds. The van der Waals surface area contributed by atoms with E-state index < -0.39 is 10.0 Å². The van der Waals surface area contributed by atoms with E-state index in [-0.39, 0.29) is 10.9 Å². The van der Waals surface area contributed by atoms with E-state index in [2.05, 4.69) is 14.9 Å². The fourth-order valence-electron chi connectivity index (χ4n) is 3.64. The number of carbonyl (C=O) groups is 1. The summed E-state index contributed by atoms with van der Waals surface area (Å²) >= 11 is 0. The van der Waals surface area contributed by atoms with E-state index in [1.807, 2.05) is 24.3 Å². The highest BCUT2D eigenvalue weighted by atomic mass is 32.2. The zero-order chi connectivity index (χ0) is 20.4. The van der Waals surface area contributed by atoms with Crippen LogP contribution >= 0.6 is 0 Å². The molecule has 154 valence electrons. The molecule has 2 aliphatic rings. The molecule has 0 atom stereocenters. The van der Waals surface area contributed by atoms with Gasteiger partial charge in [0.05, 0.1) is 18.1 Å². The summed E-state index contributed by atoms with van der Waals surface area (Å²) in [7, 11) is -2.12. The number of nitrogens with zero attached hydrogens (tertiary/aromatic N) is 2. The van der Waals surface area contributed by atoms with Gasteiger partial charge < -0.3 is 15.0 Å². The van der Waals surface area contributed by atoms with E-state index in [1.54, 1.807) is 17.0 Å². The number of ether oxygens (including phenoxy) is 1. The molecule has 1 saturated heterocycles. The van der Waals surface area contributed by atoms with Crippen LogP contribution < -0.4 is 19.8 Å². The summed E-state index contributed by atoms with van der Waals surface area (Å²) in [5.41, 5.74) is 3.41. The van der Waals surface area contributed by atoms with Gasteiger partial charge in [0.25, 0.3) is 0 Å². The van der Waals surface area contributed by atoms with E-state index in [9.17, 15) is 13.2 Å². The lowest BCUT2D eigenvalue weighted by Crippen LogP contribution is -2.36. The molecule has 2 aromatic rings. The van der Waals surface area contributed by atoms with Crippen LogP contribution in [0.5, 0.6) is 0 Å². The number of anilines is 3. The van der Waals surface area contributed by atoms with E-state index in [0.717, 1.165) is 48.9 Å². The Morgan fingerprint density at radius 1 is 1.03 bits per heavy atom. The van der Waals surface area contributed by atoms with Crippen LogP contribution in [0.15, 0.2) is 47.4 Å². The predicted octanol–water partition coefficient (Wildman–Crippen LogP) is 2.03. The predicted molar refractivity (Wildman–Crippen MR) is 112 cm³/mol. The first-order valence-corrected chi connectivity index (χ1v) is 11.0. The largest absolute Gasteiger partial charge is 0.378 e. The van der Waals surface area contributed by atoms with Crippen LogP contribution in [0.3, 0.4) is 0 Å². The third kappa shape index (κ3) is 4.07. The lowest BCUT2D eigenvalue weighted by atomic mass is 10.2. The molecule has 0 aromatic heterocycles. The zero-order valence-corrected chi connectivity index (χ0v) is 17.0. The van der Waals surface area contributed by atoms with Crippen molar-refractivity contribution in [1.29, 1.82) is 0 Å². The second kappa shape index (κ2) is 8.02. The normalized spacial score (nSPS) is 16.6. The Morgan fingerprint density at radius 2 is 1.76 bits per heavy atom. The average Bonchev–Trinajstić information content (AvgIpc) is 3.18. The smallest absolute Gasteiger partial charge is 0.326 e. The molecule has 2 aliphatic heterocycles. The van der Waals surface area contributed by atoms with Crippen LogP contribution in [-0.4, -0.2) is 54.3 Å². The van der Waals surface area contributed by atoms with Crippen LogP contribution in [0.4, 0.5) is 21.9 Å². The minimum atomic E-state index is -3.50. The lowest BCUT2D eigenvalue weighted by molar-refractivity contribution is 0.122. The molecule has 2 aromatic carbocycles. The second-order valence-electron chi connectivity index (χ2n) is 6.98. The maximum absolute atomic E-state index is 12.8. The SMILES string of the molecule is CNS(=O)(=O)c1ccc2c(c1)CCN2C(=O)Nc1ccc(N2CCOCC2)cc1. The number of hydrogen-bond donors (Lipinski definition) is 2. The molecule has 4 rings (SSSR count). The van der Waals surface area contributed by atoms with Crippen molar-refractivity contribution in [2.45, 2.75) is 11.3 Å². The Morgan fingerprint density at radius 3 is 2.45 bits per heavy atom. The fourth-order valence-corrected chi connectivity index (χ4v) is 4.42. The van der Waals surface area contributed by atoms with Crippen LogP contribution in [0.25, 0.3) is 0 Å². The average molecular weight is 417 g/mol. The van der Waals surface area contributed by atoms with Crippen molar-refractivity contribution in [2.75, 3.05) is 55.0 Å². The summed E-state index contributed by atoms with van der Waals surface area (Å²) in [6, 6.07) is 12.4. The highest BCUT2D eigenvalue weighted by Gasteiger charge is 2.26. The maximum atomic E-state index is 12.8. The number of sulfonamides is 1. The molecule has 9 heteroatoms. The summed E-state index contributed by atoms with van der Waals surface area (Å²) in [5.74, 6) is 0. The van der Waals surface area contributed by atoms with Gasteiger partial charge in [0.2, 0.25) is 10.0 Å². The highest BCUT2D eigenvalue weighted by Crippen LogP contribution is 2.31. The Balaban J connectivity index is 1.45. The molecule has 1 fully saturated rings. The molecular weight excluding hydrogens is 392 g/mol. The van der Waals surface area contributed by atoms with Crippen molar-refractivity contribution in [1.82, 2.24) is 4.72 Å². The van der Waals surface area contributed by atoms with Gasteiger partial charge in [0, 0.05) is 36.7 Å². The number of rotatable bonds is 4. The van der Waals surface area contributed by atoms with Crippen LogP contribution in [0, 0.1) is 0 Å². The van der Waals surface area contributed by atoms with E-state index >= 15 is 0 Å². The highest BCUT2D eigenvalue weighted by molar-refractivity contribution is 7.89. The van der Waals surface area contributed by atoms with Gasteiger partial charge in [-0.3, -0.25) is 4.90 Å². The maximum Gasteiger partial charge on any atom is 0.326 e. The van der Waals surface area contributed by atoms with Gasteiger partial charge in [-0.1, -0.05) is 0 Å². The van der Waals surface area contributed by atoms with Crippen molar-refractivity contribution in [3.05, 3.63) is 48.0 Å². The van der Waals surface area contributed by atoms with Gasteiger partial charge in [-0.15, -0.1) is 0 Å². The Labute approximate surface area is 170 Å². The van der Waals surface area contributed by atoms with Gasteiger partial charge >= 0.3 is 6.03 Å². The fraction of sp³-hybridized carbons (Fsp3) is 0.350. The van der Waals surface area contributed by atoms with Crippen molar-refractivity contribution in [3.8, 4) is 0 Å². The van der Waals surface area contributed by atoms with Gasteiger partial charge in [0.15, 0.2) is 0 Å². The van der Waals surface area contributed by atoms with Crippen LogP contribution in [0.1, 0.15) is 5.56 Å². The first-order chi connectivity index (χ1) is 14.0. The minimum Gasteiger partial charge on any atom is -0.378 e. The monoisotopic (exact) mass is 416 g/mol. The van der Waals surface area contributed by atoms with Crippen molar-refractivity contribution in [2.24, 2.45) is 0 Å². The van der Waals surface area contributed by atoms with Crippen molar-refractivity contribution >= 4 is 33.1 Å². The summed E-state index contributed by atoms with van der Waals surface area (Å²) < 4.78 is 31.7. The molecule has 2 N–H and O–H groups in total. The number of urea groups is 1. The zero-order valence-electron chi connectivity index (χ0n) is 16.2. The van der Waals surface area contributed by atoms with E-state index in [1.165, 1.54) is 13.1 Å². The molecule has 8 nitrogen and oxygen atoms in total. The number of carbonyl (C=O) groups excluding carboxylic acids is 1. The molecule has 0 saturated carbocycles. The molecule has 0 bridgehead atoms. The summed E-state index contributed by atoms with van der Waals surface area (Å²) in [4.78, 5) is 16.9. The summed E-state index contributed by atoms with van der Waals surface area (Å²) in [5, 5.41) is 2.92. The molecule has 0 radical (unpaired) electrons. The van der Waals surface area contributed by atoms with E-state index in [4.69, 9.17) is 4.74 Å². The number of morpholine rings is 1. The number of nitrogens with one attached hydrogen (secondary N) is 2. The van der Waals surface area contributed by atoms with Gasteiger partial charge in [-0.2, -0.15) is 0 Å². The van der Waals surface area contributed by atoms with Gasteiger partial charge in [-0.05, 0) is 61.5 Å². The first kappa shape index (κ1) is 19.7. The minimum absolute atomic E-state index is 0.208. The van der Waals surface area contributed by atoms with Crippen LogP contribution in [-0.2, 0) is 21.2 Å². The molecule has 2 heterocycles. The van der Waals surface area contributed by atoms with Crippen LogP contribution in [0.2, 0.25) is 0 Å². The standard InChI is InChI=1S/C20H24N4O4S/c1-21-29(26,27)18-6-7-19-15(14-18)8-9-24(19)20(25)22-16-2-4-17(5-3-16)23-10-12-28-13-11-23/h2-7,14,21H,8-13H2,1H3,(H,22,25). The Kier molecular flexibility index (Phi) is 5.44. The summed E-state index contributed by atoms with van der Waals surface area (Å²) in [6.45, 7) is 3.69. The number of hydrogen-bond acceptors (Lipinski definition) is 5. The van der Waals surface area contributed by atoms with Gasteiger partial charge in [-0.25, -0.2) is 17.9 Å². The van der Waals surface area contributed by atoms with E-state index in [0.29, 0.717) is 13.0 Å². The topological polar surface area (TPSA) is 91.0 Å². The quantitative estimate of drug-likeness (QED) is 0.796.